The van der Waals surface area contributed by atoms with E-state index in [1.807, 2.05) is 6.07 Å². The largest absolute Gasteiger partial charge is 0.506 e. The Hall–Kier alpha value is -5.23. The number of carboxylic acids is 7. The lowest BCUT2D eigenvalue weighted by Crippen LogP contribution is -2.27. The van der Waals surface area contributed by atoms with Crippen molar-refractivity contribution < 1.29 is 193 Å². The molecule has 8 aromatic rings. The van der Waals surface area contributed by atoms with Crippen LogP contribution in [0.5, 0.6) is 34.5 Å². The third-order valence-corrected chi connectivity index (χ3v) is 28.6. The molecular weight excluding hydrogens is 2920 g/mol. The second-order valence-electron chi connectivity index (χ2n) is 27.6. The Morgan fingerprint density at radius 2 is 0.496 bits per heavy atom. The summed E-state index contributed by atoms with van der Waals surface area (Å²) >= 11 is 39.5. The predicted molar refractivity (Wildman–Crippen MR) is 544 cm³/mol. The summed E-state index contributed by atoms with van der Waals surface area (Å²) in [6.45, 7) is 9.53. The minimum absolute atomic E-state index is 0.00534. The number of carboxylic acid groups (broad SMARTS) is 7. The van der Waals surface area contributed by atoms with E-state index in [1.165, 1.54) is 93.1 Å². The molecule has 0 unspecified atom stereocenters. The number of carbonyl (C=O) groups is 12. The standard InChI is InChI=1S/C16H16Br2F2O6S.C14H14Br2F2O5S.C12H7BrF2O2S.C11H8Br2F2O4S.C10H6Br2F2O4S.C9H6Br2F2O3S.C8H4Br2F2O3S/c1-15(2,3)26-12(22)6-25-13-9(17)4-8(5-10(13)18)11(21)7-27-16(19,20)14(23)24;1-13(2,3)23-10(19)6-22-11-8(15)4-7(5-9(11)16)24-14(17,18)12(20)21;13-9-3-1-8-6-10(4-2-7(8)5-9)18-12(14,15)11(16)17;1-19-9-6(12)2-5(3-7(9)13)8(16)4-20-11(14,15)10(17)18;11-5-1-4(2-6(12)8(5)16)7(15)3-19-10(13,14)9(17)18;1-16-7-5(10)2-4(3-6(7)11)17-9(12,13)8(14)15;9-4-1-3(2-5(10)6(4)13)16-8(11,12)7(14)15/h4-5H,6-7H2,1-3H3,(H,23,24);4-5H,6H2,1-3H3,(H,20,21);1-6H,(H,16,17);2-3H,4H2,1H3,(H,17,18);1-2,16H,3H2,(H,17,18);2-3H,1H3,(H,14,15);1-2,13H,(H,14,15). The van der Waals surface area contributed by atoms with Gasteiger partial charge in [-0.15, -0.1) is 0 Å². The SMILES string of the molecule is CC(C)(C)OC(=O)COc1c(Br)cc(C(=O)CSC(F)(F)C(=O)O)cc1Br.CC(C)(C)OC(=O)COc1c(Br)cc(SC(F)(F)C(=O)O)cc1Br.COc1c(Br)cc(C(=O)CSC(F)(F)C(=O)O)cc1Br.COc1c(Br)cc(SC(F)(F)C(=O)O)cc1Br.O=C(CSC(F)(F)C(=O)O)c1cc(Br)c(O)c(Br)c1.O=C(O)C(F)(F)Sc1cc(Br)c(O)c(Br)c1.O=C(O)C(F)(F)Sc1ccc2cc(Br)ccc2c1. The molecule has 0 aromatic heterocycles. The zero-order valence-corrected chi connectivity index (χ0v) is 97.2. The maximum Gasteiger partial charge on any atom is 0.393 e. The first-order valence-electron chi connectivity index (χ1n) is 36.1. The molecule has 774 valence electrons. The number of Topliss-reactive ketones (excluding diaryl/α,β-unsaturated/α-hetero) is 3. The smallest absolute Gasteiger partial charge is 0.393 e. The molecule has 0 heterocycles. The molecule has 0 spiro atoms. The van der Waals surface area contributed by atoms with E-state index in [0.29, 0.717) is 38.3 Å². The van der Waals surface area contributed by atoms with Gasteiger partial charge in [-0.1, -0.05) is 63.3 Å². The molecular formula is C80H61Br13F14O27S7. The molecule has 0 aliphatic heterocycles. The van der Waals surface area contributed by atoms with Crippen molar-refractivity contribution in [3.63, 3.8) is 0 Å². The predicted octanol–water partition coefficient (Wildman–Crippen LogP) is 28.6. The fourth-order valence-electron chi connectivity index (χ4n) is 8.56. The van der Waals surface area contributed by atoms with Crippen molar-refractivity contribution in [2.24, 2.45) is 0 Å². The van der Waals surface area contributed by atoms with Crippen molar-refractivity contribution in [2.75, 3.05) is 44.7 Å². The van der Waals surface area contributed by atoms with E-state index in [1.54, 1.807) is 65.8 Å². The van der Waals surface area contributed by atoms with Crippen LogP contribution >= 0.6 is 289 Å². The summed E-state index contributed by atoms with van der Waals surface area (Å²) in [7, 11) is 2.87. The fourth-order valence-corrected chi connectivity index (χ4v) is 22.8. The summed E-state index contributed by atoms with van der Waals surface area (Å²) in [6, 6.07) is 25.9. The number of halogens is 27. The van der Waals surface area contributed by atoms with Crippen LogP contribution in [0.1, 0.15) is 72.6 Å². The number of aliphatic carboxylic acids is 7. The van der Waals surface area contributed by atoms with E-state index >= 15 is 0 Å². The van der Waals surface area contributed by atoms with Crippen LogP contribution in [0, 0.1) is 0 Å². The highest BCUT2D eigenvalue weighted by Gasteiger charge is 2.46. The second kappa shape index (κ2) is 57.5. The number of benzene rings is 8. The number of aromatic hydroxyl groups is 2. The topological polar surface area (TPSA) is 442 Å². The number of hydrogen-bond acceptors (Lipinski definition) is 27. The summed E-state index contributed by atoms with van der Waals surface area (Å²) in [4.78, 5) is 131. The van der Waals surface area contributed by atoms with Crippen LogP contribution in [0.2, 0.25) is 0 Å². The second-order valence-corrected chi connectivity index (χ2v) is 46.8. The van der Waals surface area contributed by atoms with Gasteiger partial charge in [0, 0.05) is 40.7 Å². The van der Waals surface area contributed by atoms with E-state index in [2.05, 4.69) is 207 Å². The van der Waals surface area contributed by atoms with Crippen LogP contribution in [0.15, 0.2) is 187 Å². The van der Waals surface area contributed by atoms with Gasteiger partial charge in [0.1, 0.15) is 45.7 Å². The third-order valence-electron chi connectivity index (χ3n) is 14.5. The van der Waals surface area contributed by atoms with Crippen molar-refractivity contribution in [1.82, 2.24) is 0 Å². The van der Waals surface area contributed by atoms with E-state index in [-0.39, 0.29) is 182 Å². The van der Waals surface area contributed by atoms with Crippen LogP contribution in [-0.2, 0) is 52.6 Å². The lowest BCUT2D eigenvalue weighted by atomic mass is 10.1. The van der Waals surface area contributed by atoms with Gasteiger partial charge in [0.25, 0.3) is 0 Å². The molecule has 0 saturated heterocycles. The quantitative estimate of drug-likeness (QED) is 0.00771. The van der Waals surface area contributed by atoms with Gasteiger partial charge in [0.2, 0.25) is 0 Å². The number of methoxy groups -OCH3 is 2. The van der Waals surface area contributed by atoms with E-state index in [9.17, 15) is 129 Å². The van der Waals surface area contributed by atoms with Crippen LogP contribution in [-0.4, -0.2) is 210 Å². The number of hydrogen-bond donors (Lipinski definition) is 9. The Morgan fingerprint density at radius 1 is 0.284 bits per heavy atom. The van der Waals surface area contributed by atoms with Crippen LogP contribution in [0.3, 0.4) is 0 Å². The zero-order chi connectivity index (χ0) is 109. The molecule has 8 rings (SSSR count). The number of carbonyl (C=O) groups excluding carboxylic acids is 5. The number of esters is 2. The minimum atomic E-state index is -4.05. The van der Waals surface area contributed by atoms with Gasteiger partial charge in [-0.25, -0.2) is 43.2 Å². The van der Waals surface area contributed by atoms with Crippen LogP contribution < -0.4 is 18.9 Å². The highest BCUT2D eigenvalue weighted by molar-refractivity contribution is 9.13. The number of thioether (sulfide) groups is 7. The molecule has 61 heteroatoms. The van der Waals surface area contributed by atoms with Gasteiger partial charge < -0.3 is 74.4 Å². The number of ether oxygens (including phenoxy) is 6. The van der Waals surface area contributed by atoms with Crippen molar-refractivity contribution in [1.29, 1.82) is 0 Å². The average Bonchev–Trinajstić information content (AvgIpc) is 0.813. The molecule has 27 nitrogen and oxygen atoms in total. The molecule has 9 N–H and O–H groups in total. The Bertz CT molecular complexity index is 5820. The van der Waals surface area contributed by atoms with E-state index < -0.39 is 136 Å². The highest BCUT2D eigenvalue weighted by Crippen LogP contribution is 2.48. The van der Waals surface area contributed by atoms with Gasteiger partial charge in [0.05, 0.1) is 85.2 Å². The molecule has 0 saturated carbocycles. The molecule has 8 aromatic carbocycles. The van der Waals surface area contributed by atoms with Crippen molar-refractivity contribution in [3.8, 4) is 34.5 Å². The third kappa shape index (κ3) is 45.4. The van der Waals surface area contributed by atoms with E-state index in [0.717, 1.165) is 15.2 Å². The number of phenolic OH excluding ortho intramolecular Hbond substituents is 2. The maximum absolute atomic E-state index is 13.2. The Morgan fingerprint density at radius 3 is 0.752 bits per heavy atom. The zero-order valence-electron chi connectivity index (χ0n) is 70.9. The number of phenols is 2. The minimum Gasteiger partial charge on any atom is -0.506 e. The van der Waals surface area contributed by atoms with Crippen LogP contribution in [0.4, 0.5) is 61.5 Å². The van der Waals surface area contributed by atoms with Crippen molar-refractivity contribution in [2.45, 2.75) is 109 Å². The number of ketones is 3. The summed E-state index contributed by atoms with van der Waals surface area (Å²) in [6.07, 6.45) is 0. The molecule has 0 amide bonds. The Balaban J connectivity index is 0.000000560. The fraction of sp³-hybridized carbons (Fsp3) is 0.275. The lowest BCUT2D eigenvalue weighted by Gasteiger charge is -2.20. The summed E-state index contributed by atoms with van der Waals surface area (Å²) < 4.78 is 218. The van der Waals surface area contributed by atoms with Gasteiger partial charge in [-0.05, 0) is 388 Å². The molecule has 0 aliphatic carbocycles. The Labute approximate surface area is 926 Å². The first-order chi connectivity index (χ1) is 64.3. The first kappa shape index (κ1) is 132. The number of rotatable bonds is 35. The molecule has 0 bridgehead atoms. The summed E-state index contributed by atoms with van der Waals surface area (Å²) in [5.74, 6) is -19.8. The van der Waals surface area contributed by atoms with Gasteiger partial charge in [-0.3, -0.25) is 14.4 Å². The Kier molecular flexibility index (Phi) is 53.8. The average molecular weight is 2980 g/mol. The molecule has 0 radical (unpaired) electrons. The van der Waals surface area contributed by atoms with Crippen molar-refractivity contribution in [3.05, 3.63) is 184 Å². The number of fused-ring (bicyclic) bond motifs is 1. The molecule has 0 aliphatic rings. The van der Waals surface area contributed by atoms with Gasteiger partial charge >= 0.3 is 90.5 Å². The maximum atomic E-state index is 13.2. The van der Waals surface area contributed by atoms with Gasteiger partial charge in [-0.2, -0.15) is 61.5 Å². The highest BCUT2D eigenvalue weighted by atomic mass is 79.9. The number of alkyl halides is 14. The monoisotopic (exact) mass is 2970 g/mol. The molecule has 0 fully saturated rings. The lowest BCUT2D eigenvalue weighted by molar-refractivity contribution is -0.158. The van der Waals surface area contributed by atoms with Gasteiger partial charge in [0.15, 0.2) is 30.6 Å². The summed E-state index contributed by atoms with van der Waals surface area (Å²) in [5.41, 5.74) is -1.02. The normalized spacial score (nSPS) is 11.6. The van der Waals surface area contributed by atoms with Crippen LogP contribution in [0.25, 0.3) is 10.8 Å². The molecule has 141 heavy (non-hydrogen) atoms. The van der Waals surface area contributed by atoms with Crippen molar-refractivity contribution >= 4 is 371 Å². The summed E-state index contributed by atoms with van der Waals surface area (Å²) in [5, 5.41) is 51.1. The van der Waals surface area contributed by atoms with E-state index in [4.69, 9.17) is 64.2 Å². The molecule has 0 atom stereocenters. The first-order valence-corrected chi connectivity index (χ1v) is 52.7.